The number of rotatable bonds is 3. The normalized spacial score (nSPS) is 16.8. The zero-order chi connectivity index (χ0) is 7.44. The summed E-state index contributed by atoms with van der Waals surface area (Å²) in [6, 6.07) is 0. The summed E-state index contributed by atoms with van der Waals surface area (Å²) in [5, 5.41) is 15.8. The number of carbonyl (C=O) groups is 1. The van der Waals surface area contributed by atoms with Crippen molar-refractivity contribution < 1.29 is 15.0 Å². The Morgan fingerprint density at radius 2 is 2.11 bits per heavy atom. The van der Waals surface area contributed by atoms with Crippen LogP contribution in [0.15, 0.2) is 0 Å². The zero-order valence-electron chi connectivity index (χ0n) is 4.42. The summed E-state index contributed by atoms with van der Waals surface area (Å²) in [6.45, 7) is 0. The van der Waals surface area contributed by atoms with Crippen molar-refractivity contribution in [3.05, 3.63) is 0 Å². The molecule has 9 heavy (non-hydrogen) atoms. The number of carboxylic acid groups (broad SMARTS) is 1. The molecule has 0 heterocycles. The predicted molar refractivity (Wildman–Crippen MR) is 34.0 cm³/mol. The lowest BCUT2D eigenvalue weighted by Crippen LogP contribution is -2.30. The van der Waals surface area contributed by atoms with Crippen LogP contribution in [0.1, 0.15) is 0 Å². The van der Waals surface area contributed by atoms with E-state index in [1.807, 2.05) is 0 Å². The van der Waals surface area contributed by atoms with Gasteiger partial charge in [-0.2, -0.15) is 0 Å². The molecule has 0 saturated carbocycles. The van der Waals surface area contributed by atoms with Gasteiger partial charge in [-0.25, -0.2) is 4.79 Å². The molecule has 0 fully saturated rings. The van der Waals surface area contributed by atoms with E-state index in [0.717, 1.165) is 0 Å². The number of hydrogen-bond acceptors (Lipinski definition) is 2. The van der Waals surface area contributed by atoms with Gasteiger partial charge in [0.15, 0.2) is 6.10 Å². The van der Waals surface area contributed by atoms with E-state index in [2.05, 4.69) is 0 Å². The molecule has 0 aromatic carbocycles. The van der Waals surface area contributed by atoms with Crippen molar-refractivity contribution in [1.82, 2.24) is 0 Å². The molecule has 0 aromatic heterocycles. The molecule has 0 spiro atoms. The van der Waals surface area contributed by atoms with Gasteiger partial charge in [-0.15, -0.1) is 23.2 Å². The predicted octanol–water partition coefficient (Wildman–Crippen LogP) is 0.278. The number of carboxylic acids is 1. The lowest BCUT2D eigenvalue weighted by molar-refractivity contribution is -0.146. The fraction of sp³-hybridized carbons (Fsp3) is 0.750. The summed E-state index contributed by atoms with van der Waals surface area (Å²) in [4.78, 5) is 9.91. The van der Waals surface area contributed by atoms with Crippen molar-refractivity contribution in [2.45, 2.75) is 11.5 Å². The molecule has 0 unspecified atom stereocenters. The fourth-order valence-electron chi connectivity index (χ4n) is 0.239. The van der Waals surface area contributed by atoms with Crippen LogP contribution in [0, 0.1) is 0 Å². The van der Waals surface area contributed by atoms with Crippen LogP contribution in [0.5, 0.6) is 0 Å². The Labute approximate surface area is 62.2 Å². The van der Waals surface area contributed by atoms with E-state index in [1.54, 1.807) is 0 Å². The maximum absolute atomic E-state index is 9.91. The molecule has 0 aliphatic carbocycles. The molecule has 0 amide bonds. The van der Waals surface area contributed by atoms with Gasteiger partial charge >= 0.3 is 5.97 Å². The highest BCUT2D eigenvalue weighted by atomic mass is 35.5. The third kappa shape index (κ3) is 2.89. The smallest absolute Gasteiger partial charge is 0.334 e. The van der Waals surface area contributed by atoms with Gasteiger partial charge in [0.1, 0.15) is 0 Å². The molecule has 0 radical (unpaired) electrons. The Bertz CT molecular complexity index is 106. The van der Waals surface area contributed by atoms with Gasteiger partial charge < -0.3 is 10.2 Å². The minimum absolute atomic E-state index is 0.0744. The SMILES string of the molecule is O=C(O)[C@H](O)[C@@H](Cl)CCl. The van der Waals surface area contributed by atoms with E-state index in [4.69, 9.17) is 33.4 Å². The Kier molecular flexibility index (Phi) is 3.93. The maximum Gasteiger partial charge on any atom is 0.334 e. The molecule has 0 bridgehead atoms. The summed E-state index contributed by atoms with van der Waals surface area (Å²) in [5.74, 6) is -1.43. The molecule has 2 atom stereocenters. The Morgan fingerprint density at radius 1 is 1.67 bits per heavy atom. The molecule has 2 N–H and O–H groups in total. The maximum atomic E-state index is 9.91. The molecule has 0 aliphatic heterocycles. The van der Waals surface area contributed by atoms with E-state index in [1.165, 1.54) is 0 Å². The first kappa shape index (κ1) is 9.01. The van der Waals surface area contributed by atoms with E-state index in [9.17, 15) is 4.79 Å². The molecule has 0 aliphatic rings. The lowest BCUT2D eigenvalue weighted by Gasteiger charge is -2.07. The van der Waals surface area contributed by atoms with Crippen LogP contribution in [0.25, 0.3) is 0 Å². The van der Waals surface area contributed by atoms with Crippen molar-refractivity contribution in [2.75, 3.05) is 5.88 Å². The summed E-state index contributed by atoms with van der Waals surface area (Å²) in [7, 11) is 0. The van der Waals surface area contributed by atoms with Crippen LogP contribution in [0.3, 0.4) is 0 Å². The second kappa shape index (κ2) is 3.93. The molecule has 0 aromatic rings. The van der Waals surface area contributed by atoms with Gasteiger partial charge in [-0.3, -0.25) is 0 Å². The monoisotopic (exact) mass is 172 g/mol. The zero-order valence-corrected chi connectivity index (χ0v) is 5.93. The Hall–Kier alpha value is 0.01000. The Balaban J connectivity index is 3.72. The third-order valence-corrected chi connectivity index (χ3v) is 1.63. The summed E-state index contributed by atoms with van der Waals surface area (Å²) < 4.78 is 0. The van der Waals surface area contributed by atoms with Gasteiger partial charge in [0.25, 0.3) is 0 Å². The van der Waals surface area contributed by atoms with Crippen molar-refractivity contribution in [2.24, 2.45) is 0 Å². The van der Waals surface area contributed by atoms with Gasteiger partial charge in [-0.1, -0.05) is 0 Å². The topological polar surface area (TPSA) is 57.5 Å². The lowest BCUT2D eigenvalue weighted by atomic mass is 10.3. The van der Waals surface area contributed by atoms with E-state index in [-0.39, 0.29) is 5.88 Å². The van der Waals surface area contributed by atoms with Crippen molar-refractivity contribution >= 4 is 29.2 Å². The largest absolute Gasteiger partial charge is 0.479 e. The standard InChI is InChI=1S/C4H6Cl2O3/c5-1-2(6)3(7)4(8)9/h2-3,7H,1H2,(H,8,9)/t2-,3+/m0/s1. The molecule has 3 nitrogen and oxygen atoms in total. The summed E-state index contributed by atoms with van der Waals surface area (Å²) in [5.41, 5.74) is 0. The highest BCUT2D eigenvalue weighted by molar-refractivity contribution is 6.29. The number of aliphatic carboxylic acids is 1. The number of halogens is 2. The average Bonchev–Trinajstić information content (AvgIpc) is 1.84. The molecule has 0 rings (SSSR count). The van der Waals surface area contributed by atoms with E-state index < -0.39 is 17.5 Å². The number of alkyl halides is 2. The van der Waals surface area contributed by atoms with Crippen molar-refractivity contribution in [3.8, 4) is 0 Å². The third-order valence-electron chi connectivity index (χ3n) is 0.743. The number of hydrogen-bond donors (Lipinski definition) is 2. The van der Waals surface area contributed by atoms with Gasteiger partial charge in [-0.05, 0) is 0 Å². The van der Waals surface area contributed by atoms with Crippen molar-refractivity contribution in [1.29, 1.82) is 0 Å². The molecular formula is C4H6Cl2O3. The average molecular weight is 173 g/mol. The van der Waals surface area contributed by atoms with Crippen LogP contribution in [0.4, 0.5) is 0 Å². The van der Waals surface area contributed by atoms with E-state index >= 15 is 0 Å². The summed E-state index contributed by atoms with van der Waals surface area (Å²) >= 11 is 10.4. The van der Waals surface area contributed by atoms with Gasteiger partial charge in [0.05, 0.1) is 5.38 Å². The highest BCUT2D eigenvalue weighted by Crippen LogP contribution is 2.04. The minimum atomic E-state index is -1.57. The fourth-order valence-corrected chi connectivity index (χ4v) is 0.516. The Morgan fingerprint density at radius 3 is 2.22 bits per heavy atom. The van der Waals surface area contributed by atoms with Crippen molar-refractivity contribution in [3.63, 3.8) is 0 Å². The van der Waals surface area contributed by atoms with Crippen LogP contribution in [-0.2, 0) is 4.79 Å². The quantitative estimate of drug-likeness (QED) is 0.602. The molecule has 5 heteroatoms. The second-order valence-corrected chi connectivity index (χ2v) is 2.32. The van der Waals surface area contributed by atoms with Crippen LogP contribution < -0.4 is 0 Å². The minimum Gasteiger partial charge on any atom is -0.479 e. The first-order valence-corrected chi connectivity index (χ1v) is 3.17. The van der Waals surface area contributed by atoms with Crippen LogP contribution in [0.2, 0.25) is 0 Å². The molecular weight excluding hydrogens is 167 g/mol. The number of aliphatic hydroxyl groups excluding tert-OH is 1. The van der Waals surface area contributed by atoms with E-state index in [0.29, 0.717) is 0 Å². The van der Waals surface area contributed by atoms with Gasteiger partial charge in [0, 0.05) is 5.88 Å². The summed E-state index contributed by atoms with van der Waals surface area (Å²) in [6.07, 6.45) is -1.57. The van der Waals surface area contributed by atoms with Crippen LogP contribution in [-0.4, -0.2) is 33.5 Å². The first-order valence-electron chi connectivity index (χ1n) is 2.20. The van der Waals surface area contributed by atoms with Crippen LogP contribution >= 0.6 is 23.2 Å². The molecule has 0 saturated heterocycles. The molecule has 54 valence electrons. The second-order valence-electron chi connectivity index (χ2n) is 1.45. The number of aliphatic hydroxyl groups is 1. The first-order chi connectivity index (χ1) is 4.09. The highest BCUT2D eigenvalue weighted by Gasteiger charge is 2.22. The van der Waals surface area contributed by atoms with Gasteiger partial charge in [0.2, 0.25) is 0 Å².